The summed E-state index contributed by atoms with van der Waals surface area (Å²) in [4.78, 5) is 11.6. The fourth-order valence-corrected chi connectivity index (χ4v) is 1.68. The number of carbonyl (C=O) groups excluding carboxylic acids is 1. The molecule has 0 saturated heterocycles. The van der Waals surface area contributed by atoms with Gasteiger partial charge in [-0.15, -0.1) is 5.10 Å². The second-order valence-electron chi connectivity index (χ2n) is 4.11. The van der Waals surface area contributed by atoms with Crippen molar-refractivity contribution in [2.75, 3.05) is 5.32 Å². The molecule has 2 aromatic heterocycles. The molecule has 3 rings (SSSR count). The summed E-state index contributed by atoms with van der Waals surface area (Å²) < 4.78 is 1.73. The summed E-state index contributed by atoms with van der Waals surface area (Å²) in [7, 11) is 0. The topological polar surface area (TPSA) is 101 Å². The summed E-state index contributed by atoms with van der Waals surface area (Å²) in [5, 5.41) is 19.5. The van der Waals surface area contributed by atoms with E-state index in [9.17, 15) is 4.79 Å². The first-order valence-corrected chi connectivity index (χ1v) is 6.14. The lowest BCUT2D eigenvalue weighted by atomic mass is 10.3. The van der Waals surface area contributed by atoms with Crippen LogP contribution in [0.3, 0.4) is 0 Å². The Kier molecular flexibility index (Phi) is 3.50. The first-order chi connectivity index (χ1) is 10.3. The van der Waals surface area contributed by atoms with Crippen molar-refractivity contribution in [2.24, 2.45) is 0 Å². The van der Waals surface area contributed by atoms with E-state index in [1.165, 1.54) is 6.08 Å². The molecule has 0 aliphatic carbocycles. The van der Waals surface area contributed by atoms with Gasteiger partial charge in [-0.3, -0.25) is 10.1 Å². The number of amides is 1. The molecule has 0 unspecified atom stereocenters. The maximum atomic E-state index is 11.6. The third-order valence-electron chi connectivity index (χ3n) is 2.63. The fourth-order valence-electron chi connectivity index (χ4n) is 1.68. The summed E-state index contributed by atoms with van der Waals surface area (Å²) >= 11 is 0. The van der Waals surface area contributed by atoms with Gasteiger partial charge < -0.3 is 0 Å². The number of aromatic amines is 1. The Labute approximate surface area is 119 Å². The van der Waals surface area contributed by atoms with Gasteiger partial charge in [-0.05, 0) is 23.4 Å². The van der Waals surface area contributed by atoms with Gasteiger partial charge in [-0.2, -0.15) is 10.3 Å². The number of rotatable bonds is 4. The van der Waals surface area contributed by atoms with Gasteiger partial charge in [0.05, 0.1) is 11.9 Å². The molecule has 0 saturated carbocycles. The van der Waals surface area contributed by atoms with Gasteiger partial charge >= 0.3 is 0 Å². The van der Waals surface area contributed by atoms with Gasteiger partial charge in [0.2, 0.25) is 0 Å². The van der Waals surface area contributed by atoms with Crippen LogP contribution in [0.1, 0.15) is 5.56 Å². The number of hydrogen-bond donors (Lipinski definition) is 2. The van der Waals surface area contributed by atoms with Crippen LogP contribution in [0, 0.1) is 0 Å². The average molecular weight is 281 g/mol. The van der Waals surface area contributed by atoms with Crippen molar-refractivity contribution in [3.05, 3.63) is 54.4 Å². The zero-order chi connectivity index (χ0) is 14.5. The van der Waals surface area contributed by atoms with E-state index in [0.29, 0.717) is 0 Å². The lowest BCUT2D eigenvalue weighted by Gasteiger charge is -1.98. The van der Waals surface area contributed by atoms with Gasteiger partial charge in [0.15, 0.2) is 0 Å². The largest absolute Gasteiger partial charge is 0.288 e. The molecule has 2 N–H and O–H groups in total. The highest BCUT2D eigenvalue weighted by Gasteiger charge is 2.02. The highest BCUT2D eigenvalue weighted by molar-refractivity contribution is 6.00. The Hall–Kier alpha value is -3.29. The molecule has 104 valence electrons. The minimum absolute atomic E-state index is 0.129. The van der Waals surface area contributed by atoms with E-state index in [1.807, 2.05) is 36.5 Å². The SMILES string of the molecule is O=C(/C=C\c1cnn(-c2ccccc2)c1)Nc1nn[nH]n1. The number of nitrogens with zero attached hydrogens (tertiary/aromatic N) is 5. The Morgan fingerprint density at radius 1 is 1.29 bits per heavy atom. The van der Waals surface area contributed by atoms with Gasteiger partial charge in [-0.1, -0.05) is 23.3 Å². The molecule has 0 fully saturated rings. The van der Waals surface area contributed by atoms with Crippen molar-refractivity contribution in [3.8, 4) is 5.69 Å². The van der Waals surface area contributed by atoms with Crippen LogP contribution < -0.4 is 5.32 Å². The molecule has 3 aromatic rings. The maximum absolute atomic E-state index is 11.6. The number of hydrogen-bond acceptors (Lipinski definition) is 5. The van der Waals surface area contributed by atoms with Crippen LogP contribution >= 0.6 is 0 Å². The summed E-state index contributed by atoms with van der Waals surface area (Å²) in [5.74, 6) is -0.214. The predicted octanol–water partition coefficient (Wildman–Crippen LogP) is 1.04. The summed E-state index contributed by atoms with van der Waals surface area (Å²) in [6.45, 7) is 0. The van der Waals surface area contributed by atoms with E-state index in [4.69, 9.17) is 0 Å². The molecule has 8 nitrogen and oxygen atoms in total. The number of tetrazole rings is 1. The number of H-pyrrole nitrogens is 1. The molecule has 0 aliphatic heterocycles. The normalized spacial score (nSPS) is 10.9. The second kappa shape index (κ2) is 5.78. The van der Waals surface area contributed by atoms with Gasteiger partial charge in [0, 0.05) is 17.8 Å². The average Bonchev–Trinajstić information content (AvgIpc) is 3.17. The van der Waals surface area contributed by atoms with Crippen LogP contribution in [0.15, 0.2) is 48.8 Å². The van der Waals surface area contributed by atoms with Gasteiger partial charge in [0.25, 0.3) is 11.9 Å². The molecular weight excluding hydrogens is 270 g/mol. The molecule has 0 radical (unpaired) electrons. The zero-order valence-electron chi connectivity index (χ0n) is 10.8. The Balaban J connectivity index is 1.67. The van der Waals surface area contributed by atoms with Crippen molar-refractivity contribution < 1.29 is 4.79 Å². The molecule has 1 aromatic carbocycles. The number of carbonyl (C=O) groups is 1. The third-order valence-corrected chi connectivity index (χ3v) is 2.63. The lowest BCUT2D eigenvalue weighted by Crippen LogP contribution is -2.09. The monoisotopic (exact) mass is 281 g/mol. The molecule has 0 spiro atoms. The lowest BCUT2D eigenvalue weighted by molar-refractivity contribution is -0.111. The second-order valence-corrected chi connectivity index (χ2v) is 4.11. The van der Waals surface area contributed by atoms with Crippen molar-refractivity contribution in [2.45, 2.75) is 0 Å². The van der Waals surface area contributed by atoms with Crippen molar-refractivity contribution in [1.82, 2.24) is 30.4 Å². The highest BCUT2D eigenvalue weighted by atomic mass is 16.1. The first-order valence-electron chi connectivity index (χ1n) is 6.14. The van der Waals surface area contributed by atoms with Gasteiger partial charge in [-0.25, -0.2) is 4.68 Å². The van der Waals surface area contributed by atoms with Crippen LogP contribution in [-0.4, -0.2) is 36.3 Å². The Morgan fingerprint density at radius 2 is 2.14 bits per heavy atom. The standard InChI is InChI=1S/C13H11N7O/c21-12(15-13-16-18-19-17-13)7-6-10-8-14-20(9-10)11-4-2-1-3-5-11/h1-9H,(H2,15,16,17,18,19,21)/b7-6-. The number of nitrogens with one attached hydrogen (secondary N) is 2. The Morgan fingerprint density at radius 3 is 2.90 bits per heavy atom. The summed E-state index contributed by atoms with van der Waals surface area (Å²) in [6, 6.07) is 9.71. The molecule has 8 heteroatoms. The van der Waals surface area contributed by atoms with Crippen molar-refractivity contribution in [3.63, 3.8) is 0 Å². The third kappa shape index (κ3) is 3.18. The van der Waals surface area contributed by atoms with E-state index in [2.05, 4.69) is 31.0 Å². The van der Waals surface area contributed by atoms with Crippen LogP contribution in [0.25, 0.3) is 11.8 Å². The van der Waals surface area contributed by atoms with Crippen LogP contribution in [-0.2, 0) is 4.79 Å². The molecule has 0 bridgehead atoms. The number of anilines is 1. The van der Waals surface area contributed by atoms with E-state index in [0.717, 1.165) is 11.3 Å². The molecular formula is C13H11N7O. The van der Waals surface area contributed by atoms with E-state index < -0.39 is 0 Å². The zero-order valence-corrected chi connectivity index (χ0v) is 10.8. The van der Waals surface area contributed by atoms with Crippen LogP contribution in [0.2, 0.25) is 0 Å². The molecule has 21 heavy (non-hydrogen) atoms. The van der Waals surface area contributed by atoms with Crippen LogP contribution in [0.4, 0.5) is 5.95 Å². The summed E-state index contributed by atoms with van der Waals surface area (Å²) in [6.07, 6.45) is 6.53. The predicted molar refractivity (Wildman–Crippen MR) is 75.4 cm³/mol. The minimum Gasteiger partial charge on any atom is -0.288 e. The van der Waals surface area contributed by atoms with Crippen LogP contribution in [0.5, 0.6) is 0 Å². The highest BCUT2D eigenvalue weighted by Crippen LogP contribution is 2.08. The first kappa shape index (κ1) is 12.7. The van der Waals surface area contributed by atoms with E-state index >= 15 is 0 Å². The van der Waals surface area contributed by atoms with Crippen molar-refractivity contribution >= 4 is 17.9 Å². The quantitative estimate of drug-likeness (QED) is 0.696. The maximum Gasteiger partial charge on any atom is 0.270 e. The Bertz CT molecular complexity index is 746. The van der Waals surface area contributed by atoms with Gasteiger partial charge in [0.1, 0.15) is 0 Å². The number of aromatic nitrogens is 6. The fraction of sp³-hybridized carbons (Fsp3) is 0. The van der Waals surface area contributed by atoms with E-state index in [1.54, 1.807) is 17.0 Å². The summed E-state index contributed by atoms with van der Waals surface area (Å²) in [5.41, 5.74) is 1.76. The van der Waals surface area contributed by atoms with Crippen molar-refractivity contribution in [1.29, 1.82) is 0 Å². The number of benzene rings is 1. The smallest absolute Gasteiger partial charge is 0.270 e. The minimum atomic E-state index is -0.344. The molecule has 1 amide bonds. The molecule has 2 heterocycles. The van der Waals surface area contributed by atoms with E-state index in [-0.39, 0.29) is 11.9 Å². The number of para-hydroxylation sites is 1. The molecule has 0 atom stereocenters. The molecule has 0 aliphatic rings.